The highest BCUT2D eigenvalue weighted by molar-refractivity contribution is 6.52. The molecule has 1 aliphatic heterocycles. The molecule has 0 saturated carbocycles. The van der Waals surface area contributed by atoms with Gasteiger partial charge in [-0.3, -0.25) is 19.5 Å². The molecule has 1 amide bonds. The molecule has 1 fully saturated rings. The topological polar surface area (TPSA) is 89.0 Å². The van der Waals surface area contributed by atoms with Gasteiger partial charge in [-0.05, 0) is 48.9 Å². The maximum atomic E-state index is 13.2. The van der Waals surface area contributed by atoms with Crippen LogP contribution in [0.2, 0.25) is 5.02 Å². The minimum atomic E-state index is -0.916. The van der Waals surface area contributed by atoms with Crippen molar-refractivity contribution in [1.82, 2.24) is 4.98 Å². The fraction of sp³-hybridized carbons (Fsp3) is 0.160. The van der Waals surface area contributed by atoms with E-state index in [-0.39, 0.29) is 11.3 Å². The number of rotatable bonds is 6. The Kier molecular flexibility index (Phi) is 6.33. The fourth-order valence-electron chi connectivity index (χ4n) is 3.84. The normalized spacial score (nSPS) is 17.3. The van der Waals surface area contributed by atoms with Gasteiger partial charge in [-0.2, -0.15) is 0 Å². The van der Waals surface area contributed by atoms with Gasteiger partial charge in [0.2, 0.25) is 0 Å². The summed E-state index contributed by atoms with van der Waals surface area (Å²) in [4.78, 5) is 31.9. The average molecular weight is 465 g/mol. The Morgan fingerprint density at radius 3 is 2.61 bits per heavy atom. The lowest BCUT2D eigenvalue weighted by Crippen LogP contribution is -2.29. The number of amides is 1. The van der Waals surface area contributed by atoms with Gasteiger partial charge in [-0.25, -0.2) is 0 Å². The van der Waals surface area contributed by atoms with Gasteiger partial charge in [-0.1, -0.05) is 29.8 Å². The zero-order valence-electron chi connectivity index (χ0n) is 18.0. The van der Waals surface area contributed by atoms with Crippen LogP contribution in [0.4, 0.5) is 5.69 Å². The number of aromatic nitrogens is 1. The molecule has 2 heterocycles. The van der Waals surface area contributed by atoms with Crippen LogP contribution in [0.15, 0.2) is 72.6 Å². The molecule has 0 radical (unpaired) electrons. The smallest absolute Gasteiger partial charge is 0.300 e. The molecule has 3 aromatic rings. The number of anilines is 1. The number of hydrogen-bond donors (Lipinski definition) is 1. The minimum Gasteiger partial charge on any atom is -0.507 e. The lowest BCUT2D eigenvalue weighted by atomic mass is 9.96. The van der Waals surface area contributed by atoms with E-state index in [2.05, 4.69) is 4.98 Å². The van der Waals surface area contributed by atoms with Gasteiger partial charge in [0, 0.05) is 18.0 Å². The van der Waals surface area contributed by atoms with E-state index in [0.29, 0.717) is 39.9 Å². The Bertz CT molecular complexity index is 1240. The molecule has 4 rings (SSSR count). The molecule has 1 atom stereocenters. The van der Waals surface area contributed by atoms with Crippen molar-refractivity contribution in [3.05, 3.63) is 88.7 Å². The maximum absolute atomic E-state index is 13.2. The van der Waals surface area contributed by atoms with Crippen molar-refractivity contribution in [2.24, 2.45) is 0 Å². The number of carbonyl (C=O) groups is 2. The number of methoxy groups -OCH3 is 1. The number of Topliss-reactive ketones (excluding diaryl/α,β-unsaturated/α-hetero) is 1. The first-order valence-electron chi connectivity index (χ1n) is 10.2. The second-order valence-corrected chi connectivity index (χ2v) is 7.61. The molecule has 1 N–H and O–H groups in total. The van der Waals surface area contributed by atoms with E-state index in [9.17, 15) is 14.7 Å². The SMILES string of the molecule is CCOc1cc(/C(O)=C2/C(=O)C(=O)N(c3ccccc3OC)C2c2cccnc2)ccc1Cl. The van der Waals surface area contributed by atoms with Gasteiger partial charge in [-0.15, -0.1) is 0 Å². The van der Waals surface area contributed by atoms with Crippen molar-refractivity contribution >= 4 is 34.7 Å². The molecule has 0 bridgehead atoms. The van der Waals surface area contributed by atoms with Crippen molar-refractivity contribution in [2.75, 3.05) is 18.6 Å². The highest BCUT2D eigenvalue weighted by Crippen LogP contribution is 2.45. The number of aliphatic hydroxyl groups excluding tert-OH is 1. The van der Waals surface area contributed by atoms with Gasteiger partial charge >= 0.3 is 0 Å². The van der Waals surface area contributed by atoms with Crippen LogP contribution in [0.3, 0.4) is 0 Å². The quantitative estimate of drug-likeness (QED) is 0.321. The summed E-state index contributed by atoms with van der Waals surface area (Å²) in [6, 6.07) is 14.1. The number of nitrogens with zero attached hydrogens (tertiary/aromatic N) is 2. The Balaban J connectivity index is 1.94. The van der Waals surface area contributed by atoms with Gasteiger partial charge < -0.3 is 14.6 Å². The first-order chi connectivity index (χ1) is 16.0. The standard InChI is InChI=1S/C25H21ClN2O5/c1-3-33-20-13-15(10-11-17(20)26)23(29)21-22(16-7-6-12-27-14-16)28(25(31)24(21)30)18-8-4-5-9-19(18)32-2/h4-14,22,29H,3H2,1-2H3/b23-21-. The summed E-state index contributed by atoms with van der Waals surface area (Å²) in [6.07, 6.45) is 3.14. The predicted octanol–water partition coefficient (Wildman–Crippen LogP) is 4.77. The summed E-state index contributed by atoms with van der Waals surface area (Å²) in [6.45, 7) is 2.18. The zero-order valence-corrected chi connectivity index (χ0v) is 18.7. The highest BCUT2D eigenvalue weighted by atomic mass is 35.5. The second-order valence-electron chi connectivity index (χ2n) is 7.21. The van der Waals surface area contributed by atoms with Crippen molar-refractivity contribution in [3.8, 4) is 11.5 Å². The molecule has 7 nitrogen and oxygen atoms in total. The monoisotopic (exact) mass is 464 g/mol. The molecule has 1 aromatic heterocycles. The Hall–Kier alpha value is -3.84. The summed E-state index contributed by atoms with van der Waals surface area (Å²) in [5.41, 5.74) is 1.20. The molecule has 2 aromatic carbocycles. The lowest BCUT2D eigenvalue weighted by Gasteiger charge is -2.26. The Labute approximate surface area is 195 Å². The molecule has 33 heavy (non-hydrogen) atoms. The lowest BCUT2D eigenvalue weighted by molar-refractivity contribution is -0.132. The van der Waals surface area contributed by atoms with Crippen LogP contribution in [0, 0.1) is 0 Å². The van der Waals surface area contributed by atoms with E-state index >= 15 is 0 Å². The first-order valence-corrected chi connectivity index (χ1v) is 10.6. The van der Waals surface area contributed by atoms with Crippen LogP contribution in [0.1, 0.15) is 24.1 Å². The van der Waals surface area contributed by atoms with Crippen molar-refractivity contribution in [1.29, 1.82) is 0 Å². The summed E-state index contributed by atoms with van der Waals surface area (Å²) in [7, 11) is 1.48. The summed E-state index contributed by atoms with van der Waals surface area (Å²) in [5.74, 6) is -1.16. The minimum absolute atomic E-state index is 0.0660. The highest BCUT2D eigenvalue weighted by Gasteiger charge is 2.47. The van der Waals surface area contributed by atoms with Crippen LogP contribution < -0.4 is 14.4 Å². The van der Waals surface area contributed by atoms with Crippen molar-refractivity contribution < 1.29 is 24.2 Å². The predicted molar refractivity (Wildman–Crippen MR) is 125 cm³/mol. The summed E-state index contributed by atoms with van der Waals surface area (Å²) < 4.78 is 10.9. The van der Waals surface area contributed by atoms with E-state index in [1.54, 1.807) is 60.9 Å². The Morgan fingerprint density at radius 2 is 1.91 bits per heavy atom. The first kappa shape index (κ1) is 22.4. The number of aliphatic hydroxyl groups is 1. The van der Waals surface area contributed by atoms with Crippen LogP contribution in [0.25, 0.3) is 5.76 Å². The molecule has 0 spiro atoms. The number of benzene rings is 2. The third-order valence-corrected chi connectivity index (χ3v) is 5.61. The number of hydrogen-bond acceptors (Lipinski definition) is 6. The molecule has 8 heteroatoms. The number of carbonyl (C=O) groups excluding carboxylic acids is 2. The van der Waals surface area contributed by atoms with Gasteiger partial charge in [0.15, 0.2) is 0 Å². The van der Waals surface area contributed by atoms with Crippen LogP contribution in [-0.2, 0) is 9.59 Å². The van der Waals surface area contributed by atoms with E-state index in [0.717, 1.165) is 0 Å². The molecule has 1 unspecified atom stereocenters. The van der Waals surface area contributed by atoms with Gasteiger partial charge in [0.1, 0.15) is 17.3 Å². The molecular formula is C25H21ClN2O5. The van der Waals surface area contributed by atoms with Crippen molar-refractivity contribution in [2.45, 2.75) is 13.0 Å². The van der Waals surface area contributed by atoms with Crippen LogP contribution >= 0.6 is 11.6 Å². The zero-order chi connectivity index (χ0) is 23.5. The van der Waals surface area contributed by atoms with Crippen molar-refractivity contribution in [3.63, 3.8) is 0 Å². The number of ether oxygens (including phenoxy) is 2. The molecule has 1 aliphatic rings. The van der Waals surface area contributed by atoms with E-state index in [1.807, 2.05) is 6.92 Å². The third-order valence-electron chi connectivity index (χ3n) is 5.29. The molecular weight excluding hydrogens is 444 g/mol. The number of para-hydroxylation sites is 2. The Morgan fingerprint density at radius 1 is 1.12 bits per heavy atom. The fourth-order valence-corrected chi connectivity index (χ4v) is 4.01. The van der Waals surface area contributed by atoms with Crippen LogP contribution in [0.5, 0.6) is 11.5 Å². The average Bonchev–Trinajstić information content (AvgIpc) is 3.11. The molecule has 1 saturated heterocycles. The number of halogens is 1. The largest absolute Gasteiger partial charge is 0.507 e. The van der Waals surface area contributed by atoms with E-state index in [1.165, 1.54) is 18.1 Å². The van der Waals surface area contributed by atoms with Gasteiger partial charge in [0.25, 0.3) is 11.7 Å². The maximum Gasteiger partial charge on any atom is 0.300 e. The number of ketones is 1. The van der Waals surface area contributed by atoms with Crippen LogP contribution in [-0.4, -0.2) is 35.5 Å². The second kappa shape index (κ2) is 9.34. The van der Waals surface area contributed by atoms with E-state index in [4.69, 9.17) is 21.1 Å². The number of pyridine rings is 1. The molecule has 168 valence electrons. The van der Waals surface area contributed by atoms with E-state index < -0.39 is 17.7 Å². The third kappa shape index (κ3) is 4.03. The van der Waals surface area contributed by atoms with Gasteiger partial charge in [0.05, 0.1) is 36.0 Å². The summed E-state index contributed by atoms with van der Waals surface area (Å²) in [5, 5.41) is 11.6. The summed E-state index contributed by atoms with van der Waals surface area (Å²) >= 11 is 6.18. The molecule has 0 aliphatic carbocycles.